The molecule has 0 aromatic carbocycles. The van der Waals surface area contributed by atoms with Crippen LogP contribution in [0.2, 0.25) is 0 Å². The Morgan fingerprint density at radius 3 is 2.39 bits per heavy atom. The topological polar surface area (TPSA) is 81.4 Å². The molecule has 3 N–H and O–H groups in total. The molecule has 2 rings (SSSR count). The largest absolute Gasteiger partial charge is 0.381 e. The summed E-state index contributed by atoms with van der Waals surface area (Å²) in [5.41, 5.74) is 4.97. The lowest BCUT2D eigenvalue weighted by molar-refractivity contribution is -0.134. The highest BCUT2D eigenvalue weighted by atomic mass is 16.5. The highest BCUT2D eigenvalue weighted by molar-refractivity contribution is 5.83. The van der Waals surface area contributed by atoms with Gasteiger partial charge in [-0.1, -0.05) is 26.2 Å². The number of nitrogens with one attached hydrogen (secondary N) is 1. The zero-order valence-corrected chi connectivity index (χ0v) is 14.4. The Morgan fingerprint density at radius 2 is 1.83 bits per heavy atom. The van der Waals surface area contributed by atoms with Crippen LogP contribution in [0, 0.1) is 17.3 Å². The summed E-state index contributed by atoms with van der Waals surface area (Å²) >= 11 is 0. The second-order valence-electron chi connectivity index (χ2n) is 7.33. The Labute approximate surface area is 139 Å². The first-order chi connectivity index (χ1) is 11.1. The van der Waals surface area contributed by atoms with Crippen molar-refractivity contribution in [1.82, 2.24) is 5.32 Å². The average Bonchev–Trinajstić information content (AvgIpc) is 2.59. The zero-order valence-electron chi connectivity index (χ0n) is 14.4. The van der Waals surface area contributed by atoms with Crippen molar-refractivity contribution in [3.8, 4) is 0 Å². The number of rotatable bonds is 7. The van der Waals surface area contributed by atoms with Crippen LogP contribution in [0.3, 0.4) is 0 Å². The van der Waals surface area contributed by atoms with Gasteiger partial charge in [0, 0.05) is 25.7 Å². The van der Waals surface area contributed by atoms with Crippen molar-refractivity contribution in [2.45, 2.75) is 64.7 Å². The third kappa shape index (κ3) is 4.93. The highest BCUT2D eigenvalue weighted by Gasteiger charge is 2.39. The maximum Gasteiger partial charge on any atom is 0.225 e. The summed E-state index contributed by atoms with van der Waals surface area (Å²) < 4.78 is 5.32. The van der Waals surface area contributed by atoms with Gasteiger partial charge in [-0.05, 0) is 44.4 Å². The normalized spacial score (nSPS) is 27.3. The number of unbranched alkanes of at least 4 members (excludes halogenated alkanes) is 1. The Hall–Kier alpha value is -1.10. The van der Waals surface area contributed by atoms with Gasteiger partial charge in [0.1, 0.15) is 0 Å². The number of carbonyl (C=O) groups is 2. The van der Waals surface area contributed by atoms with Crippen molar-refractivity contribution in [3.63, 3.8) is 0 Å². The first-order valence-electron chi connectivity index (χ1n) is 9.23. The molecule has 5 nitrogen and oxygen atoms in total. The van der Waals surface area contributed by atoms with Gasteiger partial charge in [0.25, 0.3) is 0 Å². The molecule has 2 aliphatic rings. The zero-order chi connectivity index (χ0) is 16.7. The third-order valence-corrected chi connectivity index (χ3v) is 5.76. The van der Waals surface area contributed by atoms with Crippen LogP contribution in [-0.4, -0.2) is 31.6 Å². The van der Waals surface area contributed by atoms with E-state index in [1.54, 1.807) is 0 Å². The summed E-state index contributed by atoms with van der Waals surface area (Å²) in [6, 6.07) is 0. The van der Waals surface area contributed by atoms with Gasteiger partial charge >= 0.3 is 0 Å². The van der Waals surface area contributed by atoms with Crippen LogP contribution in [0.15, 0.2) is 0 Å². The van der Waals surface area contributed by atoms with Crippen LogP contribution in [-0.2, 0) is 14.3 Å². The number of primary amides is 1. The summed E-state index contributed by atoms with van der Waals surface area (Å²) in [5.74, 6) is 0.694. The standard InChI is InChI=1S/C18H32N2O3/c1-2-3-4-14-5-7-15(8-6-14)16(21)20-13-18(17(19)22)9-11-23-12-10-18/h14-15H,2-13H2,1H3,(H2,19,22)(H,20,21). The monoisotopic (exact) mass is 324 g/mol. The lowest BCUT2D eigenvalue weighted by atomic mass is 9.78. The molecule has 132 valence electrons. The lowest BCUT2D eigenvalue weighted by Crippen LogP contribution is -2.50. The number of hydrogen-bond donors (Lipinski definition) is 2. The predicted molar refractivity (Wildman–Crippen MR) is 89.7 cm³/mol. The minimum absolute atomic E-state index is 0.103. The Morgan fingerprint density at radius 1 is 1.17 bits per heavy atom. The Kier molecular flexibility index (Phi) is 6.88. The van der Waals surface area contributed by atoms with Gasteiger partial charge in [0.2, 0.25) is 11.8 Å². The van der Waals surface area contributed by atoms with Crippen LogP contribution in [0.5, 0.6) is 0 Å². The van der Waals surface area contributed by atoms with E-state index in [1.165, 1.54) is 19.3 Å². The molecular formula is C18H32N2O3. The number of amides is 2. The number of carbonyl (C=O) groups excluding carboxylic acids is 2. The van der Waals surface area contributed by atoms with Crippen LogP contribution >= 0.6 is 0 Å². The quantitative estimate of drug-likeness (QED) is 0.754. The molecule has 0 bridgehead atoms. The molecule has 1 heterocycles. The minimum Gasteiger partial charge on any atom is -0.381 e. The van der Waals surface area contributed by atoms with Crippen molar-refractivity contribution in [2.75, 3.05) is 19.8 Å². The second-order valence-corrected chi connectivity index (χ2v) is 7.33. The smallest absolute Gasteiger partial charge is 0.225 e. The summed E-state index contributed by atoms with van der Waals surface area (Å²) in [6.07, 6.45) is 9.33. The molecule has 0 aromatic heterocycles. The van der Waals surface area contributed by atoms with E-state index >= 15 is 0 Å². The summed E-state index contributed by atoms with van der Waals surface area (Å²) in [6.45, 7) is 3.67. The molecule has 5 heteroatoms. The van der Waals surface area contributed by atoms with E-state index in [-0.39, 0.29) is 17.7 Å². The van der Waals surface area contributed by atoms with Crippen molar-refractivity contribution < 1.29 is 14.3 Å². The van der Waals surface area contributed by atoms with E-state index in [4.69, 9.17) is 10.5 Å². The molecule has 1 aliphatic carbocycles. The lowest BCUT2D eigenvalue weighted by Gasteiger charge is -2.35. The van der Waals surface area contributed by atoms with Crippen LogP contribution in [0.1, 0.15) is 64.7 Å². The molecule has 0 radical (unpaired) electrons. The second kappa shape index (κ2) is 8.67. The van der Waals surface area contributed by atoms with E-state index in [9.17, 15) is 9.59 Å². The number of hydrogen-bond acceptors (Lipinski definition) is 3. The first kappa shape index (κ1) is 18.2. The molecule has 0 spiro atoms. The molecular weight excluding hydrogens is 292 g/mol. The van der Waals surface area contributed by atoms with E-state index in [1.807, 2.05) is 0 Å². The van der Waals surface area contributed by atoms with Crippen LogP contribution in [0.25, 0.3) is 0 Å². The average molecular weight is 324 g/mol. The molecule has 0 aromatic rings. The number of nitrogens with two attached hydrogens (primary N) is 1. The fourth-order valence-corrected chi connectivity index (χ4v) is 3.88. The fourth-order valence-electron chi connectivity index (χ4n) is 3.88. The summed E-state index contributed by atoms with van der Waals surface area (Å²) in [7, 11) is 0. The molecule has 0 unspecified atom stereocenters. The maximum absolute atomic E-state index is 12.4. The van der Waals surface area contributed by atoms with E-state index in [0.717, 1.165) is 31.6 Å². The highest BCUT2D eigenvalue weighted by Crippen LogP contribution is 2.33. The van der Waals surface area contributed by atoms with E-state index in [0.29, 0.717) is 32.6 Å². The molecule has 23 heavy (non-hydrogen) atoms. The van der Waals surface area contributed by atoms with Crippen LogP contribution < -0.4 is 11.1 Å². The minimum atomic E-state index is -0.619. The van der Waals surface area contributed by atoms with E-state index < -0.39 is 5.41 Å². The van der Waals surface area contributed by atoms with Crippen molar-refractivity contribution >= 4 is 11.8 Å². The third-order valence-electron chi connectivity index (χ3n) is 5.76. The number of ether oxygens (including phenoxy) is 1. The first-order valence-corrected chi connectivity index (χ1v) is 9.23. The van der Waals surface area contributed by atoms with Gasteiger partial charge in [-0.3, -0.25) is 9.59 Å². The molecule has 1 aliphatic heterocycles. The van der Waals surface area contributed by atoms with Crippen molar-refractivity contribution in [2.24, 2.45) is 23.0 Å². The van der Waals surface area contributed by atoms with Crippen LogP contribution in [0.4, 0.5) is 0 Å². The predicted octanol–water partition coefficient (Wildman–Crippen LogP) is 2.38. The molecule has 1 saturated carbocycles. The van der Waals surface area contributed by atoms with Gasteiger partial charge in [-0.15, -0.1) is 0 Å². The summed E-state index contributed by atoms with van der Waals surface area (Å²) in [5, 5.41) is 3.01. The molecule has 2 fully saturated rings. The molecule has 0 atom stereocenters. The SMILES string of the molecule is CCCCC1CCC(C(=O)NCC2(C(N)=O)CCOCC2)CC1. The fraction of sp³-hybridized carbons (Fsp3) is 0.889. The molecule has 1 saturated heterocycles. The Balaban J connectivity index is 1.77. The maximum atomic E-state index is 12.4. The van der Waals surface area contributed by atoms with Gasteiger partial charge in [-0.2, -0.15) is 0 Å². The van der Waals surface area contributed by atoms with E-state index in [2.05, 4.69) is 12.2 Å². The van der Waals surface area contributed by atoms with Gasteiger partial charge in [0.15, 0.2) is 0 Å². The molecule has 2 amide bonds. The van der Waals surface area contributed by atoms with Crippen molar-refractivity contribution in [1.29, 1.82) is 0 Å². The van der Waals surface area contributed by atoms with Gasteiger partial charge in [0.05, 0.1) is 5.41 Å². The van der Waals surface area contributed by atoms with Crippen molar-refractivity contribution in [3.05, 3.63) is 0 Å². The Bertz CT molecular complexity index is 397. The van der Waals surface area contributed by atoms with Gasteiger partial charge < -0.3 is 15.8 Å². The summed E-state index contributed by atoms with van der Waals surface area (Å²) in [4.78, 5) is 24.3. The van der Waals surface area contributed by atoms with Gasteiger partial charge in [-0.25, -0.2) is 0 Å².